The van der Waals surface area contributed by atoms with Gasteiger partial charge < -0.3 is 9.52 Å². The van der Waals surface area contributed by atoms with Gasteiger partial charge in [0.15, 0.2) is 0 Å². The van der Waals surface area contributed by atoms with Crippen LogP contribution in [0.4, 0.5) is 13.2 Å². The number of rotatable bonds is 3. The summed E-state index contributed by atoms with van der Waals surface area (Å²) in [5.41, 5.74) is -1.42. The highest BCUT2D eigenvalue weighted by Gasteiger charge is 2.33. The summed E-state index contributed by atoms with van der Waals surface area (Å²) in [6.45, 7) is 1.62. The molecule has 0 saturated heterocycles. The molecular weight excluding hydrogens is 295 g/mol. The smallest absolute Gasteiger partial charge is 0.433 e. The molecule has 0 aromatic carbocycles. The molecule has 0 aliphatic carbocycles. The first kappa shape index (κ1) is 14.4. The monoisotopic (exact) mass is 303 g/mol. The summed E-state index contributed by atoms with van der Waals surface area (Å²) < 4.78 is 42.9. The Kier molecular flexibility index (Phi) is 3.76. The van der Waals surface area contributed by atoms with Gasteiger partial charge in [0.25, 0.3) is 0 Å². The van der Waals surface area contributed by atoms with Gasteiger partial charge in [-0.3, -0.25) is 0 Å². The van der Waals surface area contributed by atoms with Gasteiger partial charge in [-0.2, -0.15) is 13.2 Å². The lowest BCUT2D eigenvalue weighted by Gasteiger charge is -2.09. The number of aromatic carboxylic acids is 1. The molecule has 1 N–H and O–H groups in total. The molecule has 0 bridgehead atoms. The van der Waals surface area contributed by atoms with Gasteiger partial charge in [-0.05, 0) is 25.1 Å². The van der Waals surface area contributed by atoms with Crippen molar-refractivity contribution in [1.29, 1.82) is 0 Å². The van der Waals surface area contributed by atoms with Gasteiger partial charge in [-0.25, -0.2) is 9.78 Å². The van der Waals surface area contributed by atoms with Crippen molar-refractivity contribution in [2.75, 3.05) is 0 Å². The second-order valence-electron chi connectivity index (χ2n) is 3.80. The fourth-order valence-electron chi connectivity index (χ4n) is 1.42. The first-order chi connectivity index (χ1) is 9.29. The molecule has 0 amide bonds. The number of aryl methyl sites for hydroxylation is 1. The van der Waals surface area contributed by atoms with Crippen LogP contribution in [0.25, 0.3) is 0 Å². The summed E-state index contributed by atoms with van der Waals surface area (Å²) >= 11 is 0.820. The van der Waals surface area contributed by atoms with Crippen LogP contribution < -0.4 is 0 Å². The normalized spacial score (nSPS) is 11.6. The molecule has 8 heteroatoms. The summed E-state index contributed by atoms with van der Waals surface area (Å²) in [6, 6.07) is 3.08. The highest BCUT2D eigenvalue weighted by Crippen LogP contribution is 2.35. The van der Waals surface area contributed by atoms with Crippen LogP contribution in [0, 0.1) is 6.92 Å². The largest absolute Gasteiger partial charge is 0.478 e. The maximum Gasteiger partial charge on any atom is 0.433 e. The zero-order chi connectivity index (χ0) is 14.9. The fraction of sp³-hybridized carbons (Fsp3) is 0.167. The number of pyridine rings is 1. The third-order valence-electron chi connectivity index (χ3n) is 2.40. The SMILES string of the molecule is Cc1occc1Sc1nc(C(F)(F)F)ccc1C(=O)O. The van der Waals surface area contributed by atoms with Crippen molar-refractivity contribution in [3.8, 4) is 0 Å². The molecule has 20 heavy (non-hydrogen) atoms. The summed E-state index contributed by atoms with van der Waals surface area (Å²) in [5.74, 6) is -0.861. The minimum Gasteiger partial charge on any atom is -0.478 e. The van der Waals surface area contributed by atoms with Gasteiger partial charge in [-0.1, -0.05) is 11.8 Å². The standard InChI is InChI=1S/C12H8F3NO3S/c1-6-8(4-5-19-6)20-10-7(11(17)18)2-3-9(16-10)12(13,14)15/h2-5H,1H3,(H,17,18). The molecule has 0 radical (unpaired) electrons. The Bertz CT molecular complexity index is 652. The Morgan fingerprint density at radius 2 is 2.05 bits per heavy atom. The maximum absolute atomic E-state index is 12.6. The van der Waals surface area contributed by atoms with Crippen molar-refractivity contribution in [2.45, 2.75) is 23.0 Å². The lowest BCUT2D eigenvalue weighted by molar-refractivity contribution is -0.141. The van der Waals surface area contributed by atoms with Crippen LogP contribution in [0.5, 0.6) is 0 Å². The number of alkyl halides is 3. The van der Waals surface area contributed by atoms with E-state index in [2.05, 4.69) is 4.98 Å². The van der Waals surface area contributed by atoms with E-state index in [1.165, 1.54) is 12.3 Å². The second-order valence-corrected chi connectivity index (χ2v) is 4.83. The lowest BCUT2D eigenvalue weighted by atomic mass is 10.2. The predicted octanol–water partition coefficient (Wildman–Crippen LogP) is 3.85. The zero-order valence-electron chi connectivity index (χ0n) is 10.1. The number of carboxylic acid groups (broad SMARTS) is 1. The molecular formula is C12H8F3NO3S. The van der Waals surface area contributed by atoms with E-state index in [-0.39, 0.29) is 10.6 Å². The molecule has 2 aromatic rings. The highest BCUT2D eigenvalue weighted by atomic mass is 32.2. The van der Waals surface area contributed by atoms with Crippen LogP contribution >= 0.6 is 11.8 Å². The van der Waals surface area contributed by atoms with Crippen molar-refractivity contribution in [2.24, 2.45) is 0 Å². The number of furan rings is 1. The minimum absolute atomic E-state index is 0.225. The van der Waals surface area contributed by atoms with Crippen LogP contribution in [0.2, 0.25) is 0 Å². The molecule has 0 fully saturated rings. The van der Waals surface area contributed by atoms with E-state index < -0.39 is 17.8 Å². The topological polar surface area (TPSA) is 63.3 Å². The second kappa shape index (κ2) is 5.20. The number of hydrogen-bond acceptors (Lipinski definition) is 4. The van der Waals surface area contributed by atoms with Gasteiger partial charge in [0.2, 0.25) is 0 Å². The number of hydrogen-bond donors (Lipinski definition) is 1. The molecule has 0 atom stereocenters. The van der Waals surface area contributed by atoms with Crippen LogP contribution in [0.3, 0.4) is 0 Å². The molecule has 0 unspecified atom stereocenters. The Balaban J connectivity index is 2.47. The summed E-state index contributed by atoms with van der Waals surface area (Å²) in [4.78, 5) is 14.9. The molecule has 2 heterocycles. The number of nitrogens with zero attached hydrogens (tertiary/aromatic N) is 1. The molecule has 2 aromatic heterocycles. The molecule has 106 valence electrons. The van der Waals surface area contributed by atoms with Crippen molar-refractivity contribution >= 4 is 17.7 Å². The number of halogens is 3. The minimum atomic E-state index is -4.63. The van der Waals surface area contributed by atoms with Crippen molar-refractivity contribution in [3.05, 3.63) is 41.5 Å². The summed E-state index contributed by atoms with van der Waals surface area (Å²) in [5, 5.41) is 8.77. The first-order valence-corrected chi connectivity index (χ1v) is 6.14. The van der Waals surface area contributed by atoms with E-state index in [1.807, 2.05) is 0 Å². The Morgan fingerprint density at radius 1 is 1.35 bits per heavy atom. The van der Waals surface area contributed by atoms with Crippen LogP contribution in [0.15, 0.2) is 38.8 Å². The number of carbonyl (C=O) groups is 1. The van der Waals surface area contributed by atoms with Crippen LogP contribution in [-0.4, -0.2) is 16.1 Å². The van der Waals surface area contributed by atoms with Gasteiger partial charge in [0, 0.05) is 0 Å². The predicted molar refractivity (Wildman–Crippen MR) is 63.8 cm³/mol. The molecule has 0 aliphatic rings. The summed E-state index contributed by atoms with van der Waals surface area (Å²) in [7, 11) is 0. The first-order valence-electron chi connectivity index (χ1n) is 5.32. The van der Waals surface area contributed by atoms with E-state index in [1.54, 1.807) is 6.92 Å². The van der Waals surface area contributed by atoms with E-state index >= 15 is 0 Å². The van der Waals surface area contributed by atoms with Crippen molar-refractivity contribution < 1.29 is 27.5 Å². The Morgan fingerprint density at radius 3 is 2.55 bits per heavy atom. The number of aromatic nitrogens is 1. The Hall–Kier alpha value is -1.96. The number of carboxylic acids is 1. The van der Waals surface area contributed by atoms with Gasteiger partial charge in [-0.15, -0.1) is 0 Å². The molecule has 0 spiro atoms. The zero-order valence-corrected chi connectivity index (χ0v) is 10.9. The average molecular weight is 303 g/mol. The van der Waals surface area contributed by atoms with Crippen molar-refractivity contribution in [3.63, 3.8) is 0 Å². The van der Waals surface area contributed by atoms with Gasteiger partial charge >= 0.3 is 12.1 Å². The van der Waals surface area contributed by atoms with Gasteiger partial charge in [0.05, 0.1) is 16.7 Å². The molecule has 4 nitrogen and oxygen atoms in total. The average Bonchev–Trinajstić information content (AvgIpc) is 2.73. The summed E-state index contributed by atoms with van der Waals surface area (Å²) in [6.07, 6.45) is -3.26. The molecule has 0 saturated carbocycles. The fourth-order valence-corrected chi connectivity index (χ4v) is 2.36. The quantitative estimate of drug-likeness (QED) is 0.933. The van der Waals surface area contributed by atoms with Crippen molar-refractivity contribution in [1.82, 2.24) is 4.98 Å². The van der Waals surface area contributed by atoms with Gasteiger partial charge in [0.1, 0.15) is 16.5 Å². The van der Waals surface area contributed by atoms with Crippen LogP contribution in [0.1, 0.15) is 21.8 Å². The van der Waals surface area contributed by atoms with E-state index in [0.29, 0.717) is 16.7 Å². The lowest BCUT2D eigenvalue weighted by Crippen LogP contribution is -2.11. The third kappa shape index (κ3) is 2.96. The highest BCUT2D eigenvalue weighted by molar-refractivity contribution is 7.99. The van der Waals surface area contributed by atoms with Crippen LogP contribution in [-0.2, 0) is 6.18 Å². The molecule has 2 rings (SSSR count). The van der Waals surface area contributed by atoms with E-state index in [4.69, 9.17) is 9.52 Å². The maximum atomic E-state index is 12.6. The Labute approximate surface area is 115 Å². The third-order valence-corrected chi connectivity index (χ3v) is 3.55. The molecule has 0 aliphatic heterocycles. The van der Waals surface area contributed by atoms with E-state index in [9.17, 15) is 18.0 Å². The van der Waals surface area contributed by atoms with E-state index in [0.717, 1.165) is 17.8 Å².